The summed E-state index contributed by atoms with van der Waals surface area (Å²) in [6, 6.07) is 26.5. The van der Waals surface area contributed by atoms with Gasteiger partial charge in [0.05, 0.1) is 5.75 Å². The van der Waals surface area contributed by atoms with Crippen LogP contribution >= 0.6 is 0 Å². The minimum atomic E-state index is -0.673. The van der Waals surface area contributed by atoms with E-state index in [4.69, 9.17) is 7.58 Å². The summed E-state index contributed by atoms with van der Waals surface area (Å²) in [4.78, 5) is 4.64. The molecule has 0 aliphatic carbocycles. The van der Waals surface area contributed by atoms with Crippen molar-refractivity contribution in [1.29, 1.82) is 0 Å². The highest BCUT2D eigenvalue weighted by molar-refractivity contribution is 6.21. The van der Waals surface area contributed by atoms with Gasteiger partial charge in [0, 0.05) is 11.1 Å². The molecule has 0 amide bonds. The molecule has 27 heavy (non-hydrogen) atoms. The highest BCUT2D eigenvalue weighted by Crippen LogP contribution is 2.27. The van der Waals surface area contributed by atoms with Crippen LogP contribution in [-0.2, 0) is 0 Å². The molecule has 0 bridgehead atoms. The number of aryl methyl sites for hydroxylation is 2. The topological polar surface area (TPSA) is 31.4 Å². The minimum Gasteiger partial charge on any atom is -0.616 e. The molecule has 0 atom stereocenters. The van der Waals surface area contributed by atoms with Crippen molar-refractivity contribution in [1.82, 2.24) is 4.98 Å². The Hall–Kier alpha value is -2.80. The first kappa shape index (κ1) is 17.6. The Labute approximate surface area is 166 Å². The van der Waals surface area contributed by atoms with Gasteiger partial charge >= 0.3 is 15.9 Å². The van der Waals surface area contributed by atoms with E-state index in [1.54, 1.807) is 0 Å². The van der Waals surface area contributed by atoms with Gasteiger partial charge in [-0.05, 0) is 54.8 Å². The van der Waals surface area contributed by atoms with Crippen LogP contribution < -0.4 is 7.58 Å². The summed E-state index contributed by atoms with van der Waals surface area (Å²) >= 11 is -0.673. The summed E-state index contributed by atoms with van der Waals surface area (Å²) in [6.07, 6.45) is 0. The number of aromatic nitrogens is 1. The van der Waals surface area contributed by atoms with Gasteiger partial charge < -0.3 is 7.58 Å². The Kier molecular flexibility index (Phi) is 5.11. The molecular formula is C23H19AlNO2. The molecular weight excluding hydrogens is 349 g/mol. The van der Waals surface area contributed by atoms with Crippen LogP contribution in [0.5, 0.6) is 11.5 Å². The number of para-hydroxylation sites is 1. The molecule has 0 fully saturated rings. The first-order valence-corrected chi connectivity index (χ1v) is 9.82. The van der Waals surface area contributed by atoms with Crippen molar-refractivity contribution in [3.63, 3.8) is 0 Å². The SMILES string of the molecule is Cc1cc(C)c2cccc([O][Al][O]c3ccc(-c4ccccc4)cc3)c2n1. The van der Waals surface area contributed by atoms with Gasteiger partial charge in [0.15, 0.2) is 0 Å². The third-order valence-electron chi connectivity index (χ3n) is 4.46. The van der Waals surface area contributed by atoms with E-state index in [0.717, 1.165) is 28.1 Å². The fraction of sp³-hybridized carbons (Fsp3) is 0.0870. The van der Waals surface area contributed by atoms with E-state index >= 15 is 0 Å². The highest BCUT2D eigenvalue weighted by atomic mass is 27.2. The molecule has 3 nitrogen and oxygen atoms in total. The Morgan fingerprint density at radius 1 is 0.741 bits per heavy atom. The summed E-state index contributed by atoms with van der Waals surface area (Å²) in [6.45, 7) is 4.10. The monoisotopic (exact) mass is 368 g/mol. The fourth-order valence-corrected chi connectivity index (χ4v) is 3.75. The third kappa shape index (κ3) is 3.98. The van der Waals surface area contributed by atoms with Gasteiger partial charge in [0.1, 0.15) is 11.3 Å². The molecule has 0 unspecified atom stereocenters. The van der Waals surface area contributed by atoms with Crippen molar-refractivity contribution in [2.24, 2.45) is 0 Å². The summed E-state index contributed by atoms with van der Waals surface area (Å²) in [5, 5.41) is 1.12. The third-order valence-corrected chi connectivity index (χ3v) is 5.18. The Morgan fingerprint density at radius 2 is 1.48 bits per heavy atom. The zero-order valence-corrected chi connectivity index (χ0v) is 16.5. The first-order chi connectivity index (χ1) is 13.2. The average Bonchev–Trinajstić information content (AvgIpc) is 2.70. The molecule has 1 radical (unpaired) electrons. The Morgan fingerprint density at radius 3 is 2.26 bits per heavy atom. The second-order valence-corrected chi connectivity index (χ2v) is 7.12. The maximum Gasteiger partial charge on any atom is 0.881 e. The van der Waals surface area contributed by atoms with Crippen LogP contribution in [0.2, 0.25) is 0 Å². The van der Waals surface area contributed by atoms with Crippen molar-refractivity contribution >= 4 is 26.8 Å². The highest BCUT2D eigenvalue weighted by Gasteiger charge is 2.11. The summed E-state index contributed by atoms with van der Waals surface area (Å²) in [5.41, 5.74) is 5.45. The van der Waals surface area contributed by atoms with Gasteiger partial charge in [-0.2, -0.15) is 0 Å². The van der Waals surface area contributed by atoms with Crippen molar-refractivity contribution in [3.05, 3.63) is 90.1 Å². The van der Waals surface area contributed by atoms with E-state index in [-0.39, 0.29) is 0 Å². The van der Waals surface area contributed by atoms with Gasteiger partial charge in [-0.15, -0.1) is 0 Å². The molecule has 3 aromatic carbocycles. The molecule has 4 rings (SSSR count). The largest absolute Gasteiger partial charge is 0.881 e. The second-order valence-electron chi connectivity index (χ2n) is 6.46. The van der Waals surface area contributed by atoms with E-state index < -0.39 is 15.9 Å². The molecule has 0 aliphatic heterocycles. The van der Waals surface area contributed by atoms with Gasteiger partial charge in [-0.1, -0.05) is 54.6 Å². The van der Waals surface area contributed by atoms with Crippen molar-refractivity contribution in [2.45, 2.75) is 13.8 Å². The van der Waals surface area contributed by atoms with Gasteiger partial charge in [0.25, 0.3) is 0 Å². The van der Waals surface area contributed by atoms with Gasteiger partial charge in [0.2, 0.25) is 0 Å². The minimum absolute atomic E-state index is 0.673. The lowest BCUT2D eigenvalue weighted by molar-refractivity contribution is 0.461. The van der Waals surface area contributed by atoms with E-state index in [2.05, 4.69) is 48.3 Å². The predicted molar refractivity (Wildman–Crippen MR) is 110 cm³/mol. The fourth-order valence-electron chi connectivity index (χ4n) is 3.14. The van der Waals surface area contributed by atoms with E-state index in [1.807, 2.05) is 49.4 Å². The number of rotatable bonds is 5. The van der Waals surface area contributed by atoms with Crippen molar-refractivity contribution < 1.29 is 7.58 Å². The smallest absolute Gasteiger partial charge is 0.616 e. The molecule has 131 valence electrons. The van der Waals surface area contributed by atoms with Crippen molar-refractivity contribution in [2.75, 3.05) is 0 Å². The molecule has 0 saturated heterocycles. The molecule has 0 spiro atoms. The maximum absolute atomic E-state index is 5.95. The van der Waals surface area contributed by atoms with Crippen LogP contribution in [0, 0.1) is 13.8 Å². The number of nitrogens with zero attached hydrogens (tertiary/aromatic N) is 1. The van der Waals surface area contributed by atoms with Gasteiger partial charge in [-0.25, -0.2) is 4.98 Å². The summed E-state index contributed by atoms with van der Waals surface area (Å²) < 4.78 is 11.8. The number of hydrogen-bond acceptors (Lipinski definition) is 3. The van der Waals surface area contributed by atoms with Crippen LogP contribution in [-0.4, -0.2) is 20.9 Å². The molecule has 0 saturated carbocycles. The number of hydrogen-bond donors (Lipinski definition) is 0. The lowest BCUT2D eigenvalue weighted by atomic mass is 10.1. The van der Waals surface area contributed by atoms with E-state index in [1.165, 1.54) is 16.7 Å². The van der Waals surface area contributed by atoms with E-state index in [9.17, 15) is 0 Å². The zero-order chi connectivity index (χ0) is 18.6. The van der Waals surface area contributed by atoms with Crippen LogP contribution in [0.4, 0.5) is 0 Å². The van der Waals surface area contributed by atoms with Crippen LogP contribution in [0.15, 0.2) is 78.9 Å². The predicted octanol–water partition coefficient (Wildman–Crippen LogP) is 5.51. The molecule has 1 aromatic heterocycles. The number of fused-ring (bicyclic) bond motifs is 1. The summed E-state index contributed by atoms with van der Waals surface area (Å²) in [5.74, 6) is 1.58. The molecule has 1 heterocycles. The molecule has 4 aromatic rings. The lowest BCUT2D eigenvalue weighted by Crippen LogP contribution is -2.11. The average molecular weight is 368 g/mol. The van der Waals surface area contributed by atoms with Crippen LogP contribution in [0.25, 0.3) is 22.0 Å². The lowest BCUT2D eigenvalue weighted by Gasteiger charge is -2.12. The molecule has 0 N–H and O–H groups in total. The number of pyridine rings is 1. The second kappa shape index (κ2) is 7.84. The number of benzene rings is 3. The summed E-state index contributed by atoms with van der Waals surface area (Å²) in [7, 11) is 0. The Balaban J connectivity index is 1.45. The standard InChI is InChI=1S/C12H10O.C11H11NO.Al/c13-12-8-6-11(7-9-12)10-4-2-1-3-5-10;1-7-6-8(2)12-11-9(7)4-3-5-10(11)13;/h1-9,13H;3-6,13H,1-2H3;/q;;+2/p-2. The quantitative estimate of drug-likeness (QED) is 0.435. The first-order valence-electron chi connectivity index (χ1n) is 8.88. The normalized spacial score (nSPS) is 10.6. The van der Waals surface area contributed by atoms with Gasteiger partial charge in [-0.3, -0.25) is 0 Å². The van der Waals surface area contributed by atoms with Crippen LogP contribution in [0.1, 0.15) is 11.3 Å². The Bertz CT molecular complexity index is 1060. The van der Waals surface area contributed by atoms with E-state index in [0.29, 0.717) is 0 Å². The van der Waals surface area contributed by atoms with Crippen LogP contribution in [0.3, 0.4) is 0 Å². The van der Waals surface area contributed by atoms with Crippen molar-refractivity contribution in [3.8, 4) is 22.6 Å². The zero-order valence-electron chi connectivity index (χ0n) is 15.3. The molecule has 0 aliphatic rings. The maximum atomic E-state index is 5.95. The molecule has 4 heteroatoms.